The molecule has 1 amide bonds. The van der Waals surface area contributed by atoms with Crippen LogP contribution in [0.3, 0.4) is 0 Å². The van der Waals surface area contributed by atoms with Crippen LogP contribution in [0.25, 0.3) is 0 Å². The van der Waals surface area contributed by atoms with E-state index in [9.17, 15) is 9.90 Å². The Bertz CT molecular complexity index is 493. The molecule has 1 aromatic carbocycles. The standard InChI is InChI=1S/C15H22Br2N2O3/c1-15(2,3)22-14(21)19-6-4-5-18-9-10-7-11(16)13(20)12(17)8-10/h7-8,18,20H,4-6,9H2,1-3H3,(H,19,21). The number of rotatable bonds is 6. The summed E-state index contributed by atoms with van der Waals surface area (Å²) in [5.74, 6) is 0.199. The van der Waals surface area contributed by atoms with Gasteiger partial charge < -0.3 is 20.5 Å². The predicted octanol–water partition coefficient (Wildman–Crippen LogP) is 3.92. The van der Waals surface area contributed by atoms with E-state index >= 15 is 0 Å². The summed E-state index contributed by atoms with van der Waals surface area (Å²) < 4.78 is 6.46. The summed E-state index contributed by atoms with van der Waals surface area (Å²) in [6.07, 6.45) is 0.415. The minimum absolute atomic E-state index is 0.199. The molecule has 0 aliphatic carbocycles. The van der Waals surface area contributed by atoms with E-state index in [-0.39, 0.29) is 11.8 Å². The molecule has 0 aromatic heterocycles. The first kappa shape index (κ1) is 19.3. The second kappa shape index (κ2) is 8.74. The number of hydrogen-bond donors (Lipinski definition) is 3. The number of hydrogen-bond acceptors (Lipinski definition) is 4. The van der Waals surface area contributed by atoms with Crippen LogP contribution in [0, 0.1) is 0 Å². The van der Waals surface area contributed by atoms with Crippen molar-refractivity contribution in [2.24, 2.45) is 0 Å². The van der Waals surface area contributed by atoms with Crippen molar-refractivity contribution < 1.29 is 14.6 Å². The Morgan fingerprint density at radius 1 is 1.23 bits per heavy atom. The fourth-order valence-corrected chi connectivity index (χ4v) is 2.95. The maximum atomic E-state index is 11.4. The zero-order chi connectivity index (χ0) is 16.8. The van der Waals surface area contributed by atoms with Crippen molar-refractivity contribution >= 4 is 38.0 Å². The zero-order valence-electron chi connectivity index (χ0n) is 13.0. The van der Waals surface area contributed by atoms with Gasteiger partial charge in [-0.3, -0.25) is 0 Å². The van der Waals surface area contributed by atoms with Gasteiger partial charge in [0.05, 0.1) is 8.95 Å². The average molecular weight is 438 g/mol. The van der Waals surface area contributed by atoms with Gasteiger partial charge >= 0.3 is 6.09 Å². The SMILES string of the molecule is CC(C)(C)OC(=O)NCCCNCc1cc(Br)c(O)c(Br)c1. The summed E-state index contributed by atoms with van der Waals surface area (Å²) in [6.45, 7) is 7.52. The Morgan fingerprint density at radius 3 is 2.36 bits per heavy atom. The highest BCUT2D eigenvalue weighted by Crippen LogP contribution is 2.33. The molecule has 0 saturated heterocycles. The van der Waals surface area contributed by atoms with Crippen LogP contribution in [-0.2, 0) is 11.3 Å². The Labute approximate surface area is 148 Å². The first-order valence-corrected chi connectivity index (χ1v) is 8.62. The summed E-state index contributed by atoms with van der Waals surface area (Å²) in [5.41, 5.74) is 0.582. The number of benzene rings is 1. The molecule has 124 valence electrons. The van der Waals surface area contributed by atoms with Gasteiger partial charge in [0.15, 0.2) is 0 Å². The molecule has 0 bridgehead atoms. The van der Waals surface area contributed by atoms with Crippen LogP contribution in [0.2, 0.25) is 0 Å². The van der Waals surface area contributed by atoms with Gasteiger partial charge in [0.2, 0.25) is 0 Å². The van der Waals surface area contributed by atoms with Crippen molar-refractivity contribution in [2.75, 3.05) is 13.1 Å². The van der Waals surface area contributed by atoms with E-state index < -0.39 is 5.60 Å². The number of nitrogens with one attached hydrogen (secondary N) is 2. The maximum absolute atomic E-state index is 11.4. The van der Waals surface area contributed by atoms with Crippen LogP contribution < -0.4 is 10.6 Å². The number of alkyl carbamates (subject to hydrolysis) is 1. The first-order valence-electron chi connectivity index (χ1n) is 7.03. The van der Waals surface area contributed by atoms with Gasteiger partial charge in [-0.2, -0.15) is 0 Å². The van der Waals surface area contributed by atoms with E-state index in [1.165, 1.54) is 0 Å². The molecule has 0 heterocycles. The highest BCUT2D eigenvalue weighted by Gasteiger charge is 2.15. The van der Waals surface area contributed by atoms with Gasteiger partial charge in [-0.05, 0) is 83.3 Å². The molecule has 0 aliphatic heterocycles. The number of ether oxygens (including phenoxy) is 1. The highest BCUT2D eigenvalue weighted by molar-refractivity contribution is 9.11. The molecule has 0 unspecified atom stereocenters. The third-order valence-corrected chi connectivity index (χ3v) is 3.81. The monoisotopic (exact) mass is 436 g/mol. The van der Waals surface area contributed by atoms with Crippen LogP contribution in [-0.4, -0.2) is 29.9 Å². The molecule has 1 aromatic rings. The number of carbonyl (C=O) groups is 1. The van der Waals surface area contributed by atoms with Crippen molar-refractivity contribution in [3.63, 3.8) is 0 Å². The molecule has 22 heavy (non-hydrogen) atoms. The third kappa shape index (κ3) is 7.47. The lowest BCUT2D eigenvalue weighted by Gasteiger charge is -2.19. The molecule has 7 heteroatoms. The number of halogens is 2. The smallest absolute Gasteiger partial charge is 0.407 e. The van der Waals surface area contributed by atoms with Gasteiger partial charge in [0.1, 0.15) is 11.4 Å². The third-order valence-electron chi connectivity index (χ3n) is 2.60. The minimum Gasteiger partial charge on any atom is -0.506 e. The highest BCUT2D eigenvalue weighted by atomic mass is 79.9. The molecule has 0 fully saturated rings. The van der Waals surface area contributed by atoms with E-state index in [0.29, 0.717) is 22.0 Å². The van der Waals surface area contributed by atoms with Gasteiger partial charge in [0.25, 0.3) is 0 Å². The second-order valence-corrected chi connectivity index (χ2v) is 7.58. The lowest BCUT2D eigenvalue weighted by atomic mass is 10.2. The Balaban J connectivity index is 2.20. The number of phenols is 1. The predicted molar refractivity (Wildman–Crippen MR) is 94.1 cm³/mol. The lowest BCUT2D eigenvalue weighted by molar-refractivity contribution is 0.0527. The molecule has 0 aliphatic rings. The summed E-state index contributed by atoms with van der Waals surface area (Å²) in [6, 6.07) is 3.73. The van der Waals surface area contributed by atoms with Crippen LogP contribution in [0.4, 0.5) is 4.79 Å². The van der Waals surface area contributed by atoms with Crippen LogP contribution >= 0.6 is 31.9 Å². The second-order valence-electron chi connectivity index (χ2n) is 5.87. The molecule has 1 rings (SSSR count). The van der Waals surface area contributed by atoms with Crippen LogP contribution in [0.15, 0.2) is 21.1 Å². The quantitative estimate of drug-likeness (QED) is 0.589. The summed E-state index contributed by atoms with van der Waals surface area (Å²) in [5, 5.41) is 15.6. The van der Waals surface area contributed by atoms with Crippen LogP contribution in [0.1, 0.15) is 32.8 Å². The number of phenolic OH excluding ortho intramolecular Hbond substituents is 1. The van der Waals surface area contributed by atoms with E-state index in [4.69, 9.17) is 4.74 Å². The first-order chi connectivity index (χ1) is 10.2. The number of aromatic hydroxyl groups is 1. The van der Waals surface area contributed by atoms with Crippen molar-refractivity contribution in [2.45, 2.75) is 39.3 Å². The normalized spacial score (nSPS) is 11.3. The fraction of sp³-hybridized carbons (Fsp3) is 0.533. The topological polar surface area (TPSA) is 70.6 Å². The molecular formula is C15H22Br2N2O3. The molecule has 5 nitrogen and oxygen atoms in total. The molecule has 0 atom stereocenters. The van der Waals surface area contributed by atoms with Gasteiger partial charge in [-0.1, -0.05) is 0 Å². The number of carbonyl (C=O) groups excluding carboxylic acids is 1. The Kier molecular flexibility index (Phi) is 7.65. The lowest BCUT2D eigenvalue weighted by Crippen LogP contribution is -2.33. The molecule has 0 spiro atoms. The molecular weight excluding hydrogens is 416 g/mol. The molecule has 0 saturated carbocycles. The van der Waals surface area contributed by atoms with Crippen molar-refractivity contribution in [1.82, 2.24) is 10.6 Å². The summed E-state index contributed by atoms with van der Waals surface area (Å²) >= 11 is 6.60. The van der Waals surface area contributed by atoms with Crippen molar-refractivity contribution in [3.05, 3.63) is 26.6 Å². The largest absolute Gasteiger partial charge is 0.506 e. The maximum Gasteiger partial charge on any atom is 0.407 e. The van der Waals surface area contributed by atoms with E-state index in [1.807, 2.05) is 32.9 Å². The zero-order valence-corrected chi connectivity index (χ0v) is 16.2. The minimum atomic E-state index is -0.470. The molecule has 0 radical (unpaired) electrons. The van der Waals surface area contributed by atoms with Gasteiger partial charge in [0, 0.05) is 13.1 Å². The van der Waals surface area contributed by atoms with E-state index in [2.05, 4.69) is 42.5 Å². The Morgan fingerprint density at radius 2 is 1.82 bits per heavy atom. The van der Waals surface area contributed by atoms with Gasteiger partial charge in [-0.25, -0.2) is 4.79 Å². The van der Waals surface area contributed by atoms with E-state index in [0.717, 1.165) is 18.5 Å². The Hall–Kier alpha value is -0.790. The summed E-state index contributed by atoms with van der Waals surface area (Å²) in [7, 11) is 0. The molecule has 3 N–H and O–H groups in total. The fourth-order valence-electron chi connectivity index (χ4n) is 1.67. The van der Waals surface area contributed by atoms with Crippen LogP contribution in [0.5, 0.6) is 5.75 Å². The summed E-state index contributed by atoms with van der Waals surface area (Å²) in [4.78, 5) is 11.4. The van der Waals surface area contributed by atoms with Crippen molar-refractivity contribution in [1.29, 1.82) is 0 Å². The average Bonchev–Trinajstić information content (AvgIpc) is 2.37. The van der Waals surface area contributed by atoms with E-state index in [1.54, 1.807) is 0 Å². The van der Waals surface area contributed by atoms with Gasteiger partial charge in [-0.15, -0.1) is 0 Å². The number of amides is 1. The van der Waals surface area contributed by atoms with Crippen molar-refractivity contribution in [3.8, 4) is 5.75 Å².